The molecular formula is C44H81N3O21. The molecule has 0 saturated carbocycles. The van der Waals surface area contributed by atoms with Gasteiger partial charge in [-0.05, 0) is 57.8 Å². The van der Waals surface area contributed by atoms with Gasteiger partial charge in [-0.25, -0.2) is 0 Å². The standard InChI is InChI=1S/C44H81N3O21/c1-28(51)45-34(37(56)31(54)14-16-48)41(60)65-21-11-5-8-18-62-25-44(4,26-63-19-9-6-12-22-66-42(61)35(46-29(2)52)38(57)32(55)15-17-49)27-64-20-10-7-13-23-67-43-36(47-30(3)53)40(59)39(58)33(24-50)68-43/h31-33,36,39-43,48-50,54-61H,5-27H2,1-4H3,(H,45,51)(H,46,52)(H,47,53)/b37-34+,38-35+/t31-,32-,33?,36?,39-,40?,41-,42-,43+/m0/s1. The first kappa shape index (κ1) is 62.9. The van der Waals surface area contributed by atoms with Gasteiger partial charge in [0.25, 0.3) is 0 Å². The fraction of sp³-hybridized carbons (Fsp3) is 0.841. The fourth-order valence-electron chi connectivity index (χ4n) is 6.66. The quantitative estimate of drug-likeness (QED) is 0.0189. The number of aliphatic hydroxyl groups is 11. The minimum atomic E-state index is -1.73. The molecule has 0 aromatic heterocycles. The van der Waals surface area contributed by atoms with E-state index < -0.39 is 121 Å². The van der Waals surface area contributed by atoms with E-state index in [1.165, 1.54) is 6.92 Å². The van der Waals surface area contributed by atoms with Crippen LogP contribution in [0.3, 0.4) is 0 Å². The molecule has 0 aromatic carbocycles. The minimum Gasteiger partial charge on any atom is -0.508 e. The molecule has 0 aromatic rings. The zero-order valence-corrected chi connectivity index (χ0v) is 40.0. The van der Waals surface area contributed by atoms with Crippen LogP contribution in [0.1, 0.15) is 98.3 Å². The highest BCUT2D eigenvalue weighted by atomic mass is 16.7. The summed E-state index contributed by atoms with van der Waals surface area (Å²) in [6, 6.07) is -1.03. The molecule has 3 amide bonds. The van der Waals surface area contributed by atoms with Gasteiger partial charge in [0.05, 0.1) is 39.6 Å². The van der Waals surface area contributed by atoms with Gasteiger partial charge in [0.2, 0.25) is 17.7 Å². The predicted octanol–water partition coefficient (Wildman–Crippen LogP) is -1.52. The lowest BCUT2D eigenvalue weighted by atomic mass is 9.94. The van der Waals surface area contributed by atoms with Crippen LogP contribution in [-0.4, -0.2) is 209 Å². The SMILES string of the molecule is CC(=O)N/C(=C(/O)[C@@H](O)CCO)[C@@H](O)OCCCCCOCC(C)(COCCCCCO[C@@H]1OC(CO)[C@H](O)C(O)C1NC(C)=O)COCCCCCO[C@H](O)/C(NC(C)=O)=C(\O)[C@@H](O)CCO. The first-order valence-corrected chi connectivity index (χ1v) is 23.1. The number of hydrogen-bond acceptors (Lipinski definition) is 21. The van der Waals surface area contributed by atoms with Crippen LogP contribution >= 0.6 is 0 Å². The van der Waals surface area contributed by atoms with Gasteiger partial charge in [0.1, 0.15) is 59.5 Å². The molecule has 14 N–H and O–H groups in total. The molecular weight excluding hydrogens is 906 g/mol. The van der Waals surface area contributed by atoms with Crippen LogP contribution in [0.25, 0.3) is 0 Å². The van der Waals surface area contributed by atoms with Crippen molar-refractivity contribution in [1.82, 2.24) is 16.0 Å². The number of carbonyl (C=O) groups is 3. The lowest BCUT2D eigenvalue weighted by Crippen LogP contribution is -2.64. The smallest absolute Gasteiger partial charge is 0.221 e. The molecule has 0 radical (unpaired) electrons. The van der Waals surface area contributed by atoms with Crippen LogP contribution in [0.2, 0.25) is 0 Å². The maximum absolute atomic E-state index is 11.7. The molecule has 9 atom stereocenters. The van der Waals surface area contributed by atoms with Gasteiger partial charge in [0.15, 0.2) is 18.9 Å². The molecule has 1 rings (SSSR count). The average molecular weight is 988 g/mol. The molecule has 24 nitrogen and oxygen atoms in total. The minimum absolute atomic E-state index is 0.0591. The van der Waals surface area contributed by atoms with Crippen molar-refractivity contribution < 1.29 is 104 Å². The fourth-order valence-corrected chi connectivity index (χ4v) is 6.66. The third kappa shape index (κ3) is 25.6. The van der Waals surface area contributed by atoms with Gasteiger partial charge in [-0.3, -0.25) is 14.4 Å². The number of aliphatic hydroxyl groups excluding tert-OH is 11. The zero-order chi connectivity index (χ0) is 51.1. The molecule has 68 heavy (non-hydrogen) atoms. The maximum atomic E-state index is 11.7. The molecule has 1 aliphatic rings. The van der Waals surface area contributed by atoms with Crippen molar-refractivity contribution in [3.05, 3.63) is 22.9 Å². The molecule has 398 valence electrons. The molecule has 0 aliphatic carbocycles. The highest BCUT2D eigenvalue weighted by molar-refractivity contribution is 5.75. The molecule has 1 fully saturated rings. The molecule has 1 heterocycles. The summed E-state index contributed by atoms with van der Waals surface area (Å²) >= 11 is 0. The second kappa shape index (κ2) is 35.9. The summed E-state index contributed by atoms with van der Waals surface area (Å²) in [5, 5.41) is 117. The van der Waals surface area contributed by atoms with E-state index in [2.05, 4.69) is 16.0 Å². The Balaban J connectivity index is 2.67. The van der Waals surface area contributed by atoms with E-state index in [1.54, 1.807) is 0 Å². The van der Waals surface area contributed by atoms with E-state index in [-0.39, 0.29) is 32.7 Å². The van der Waals surface area contributed by atoms with Crippen LogP contribution in [0.5, 0.6) is 0 Å². The van der Waals surface area contributed by atoms with E-state index in [4.69, 9.17) is 43.4 Å². The van der Waals surface area contributed by atoms with Crippen molar-refractivity contribution >= 4 is 17.7 Å². The van der Waals surface area contributed by atoms with Crippen molar-refractivity contribution in [1.29, 1.82) is 0 Å². The Morgan fingerprint density at radius 3 is 1.35 bits per heavy atom. The van der Waals surface area contributed by atoms with Crippen molar-refractivity contribution in [2.75, 3.05) is 79.3 Å². The highest BCUT2D eigenvalue weighted by Crippen LogP contribution is 2.24. The van der Waals surface area contributed by atoms with Crippen molar-refractivity contribution in [3.63, 3.8) is 0 Å². The number of hydrogen-bond donors (Lipinski definition) is 14. The maximum Gasteiger partial charge on any atom is 0.221 e. The van der Waals surface area contributed by atoms with Gasteiger partial charge >= 0.3 is 0 Å². The van der Waals surface area contributed by atoms with Gasteiger partial charge in [-0.15, -0.1) is 0 Å². The van der Waals surface area contributed by atoms with Crippen molar-refractivity contribution in [3.8, 4) is 0 Å². The van der Waals surface area contributed by atoms with E-state index in [0.29, 0.717) is 97.4 Å². The topological polar surface area (TPSA) is 374 Å². The van der Waals surface area contributed by atoms with Crippen LogP contribution in [0, 0.1) is 5.41 Å². The second-order valence-electron chi connectivity index (χ2n) is 16.9. The monoisotopic (exact) mass is 988 g/mol. The highest BCUT2D eigenvalue weighted by Gasteiger charge is 2.45. The van der Waals surface area contributed by atoms with Gasteiger partial charge in [-0.1, -0.05) is 6.92 Å². The first-order chi connectivity index (χ1) is 32.3. The summed E-state index contributed by atoms with van der Waals surface area (Å²) in [4.78, 5) is 34.9. The van der Waals surface area contributed by atoms with E-state index in [1.807, 2.05) is 6.92 Å². The molecule has 1 aliphatic heterocycles. The lowest BCUT2D eigenvalue weighted by Gasteiger charge is -2.42. The Morgan fingerprint density at radius 1 is 0.588 bits per heavy atom. The van der Waals surface area contributed by atoms with Crippen molar-refractivity contribution in [2.24, 2.45) is 5.41 Å². The number of amides is 3. The summed E-state index contributed by atoms with van der Waals surface area (Å²) < 4.78 is 40.2. The zero-order valence-electron chi connectivity index (χ0n) is 40.0. The number of unbranched alkanes of at least 4 members (excludes halogenated alkanes) is 6. The van der Waals surface area contributed by atoms with Crippen LogP contribution in [0.4, 0.5) is 0 Å². The number of nitrogens with one attached hydrogen (secondary N) is 3. The number of carbonyl (C=O) groups excluding carboxylic acids is 3. The molecule has 0 spiro atoms. The van der Waals surface area contributed by atoms with Crippen molar-refractivity contribution in [2.45, 2.75) is 154 Å². The van der Waals surface area contributed by atoms with Crippen LogP contribution in [-0.2, 0) is 47.5 Å². The van der Waals surface area contributed by atoms with E-state index >= 15 is 0 Å². The normalized spacial score (nSPS) is 22.0. The van der Waals surface area contributed by atoms with Gasteiger partial charge < -0.3 is 105 Å². The summed E-state index contributed by atoms with van der Waals surface area (Å²) in [6.45, 7) is 6.51. The summed E-state index contributed by atoms with van der Waals surface area (Å²) in [6.07, 6.45) is -6.38. The Hall–Kier alpha value is -3.15. The number of ether oxygens (including phenoxy) is 7. The van der Waals surface area contributed by atoms with Gasteiger partial charge in [0, 0.05) is 78.7 Å². The third-order valence-electron chi connectivity index (χ3n) is 10.3. The lowest BCUT2D eigenvalue weighted by molar-refractivity contribution is -0.270. The van der Waals surface area contributed by atoms with E-state index in [9.17, 15) is 60.3 Å². The second-order valence-corrected chi connectivity index (χ2v) is 16.9. The molecule has 1 saturated heterocycles. The summed E-state index contributed by atoms with van der Waals surface area (Å²) in [5.74, 6) is -3.09. The Labute approximate surface area is 398 Å². The Kier molecular flexibility index (Phi) is 33.2. The average Bonchev–Trinajstić information content (AvgIpc) is 3.28. The largest absolute Gasteiger partial charge is 0.508 e. The third-order valence-corrected chi connectivity index (χ3v) is 10.3. The van der Waals surface area contributed by atoms with E-state index in [0.717, 1.165) is 13.8 Å². The molecule has 24 heteroatoms. The summed E-state index contributed by atoms with van der Waals surface area (Å²) in [7, 11) is 0. The number of rotatable bonds is 39. The summed E-state index contributed by atoms with van der Waals surface area (Å²) in [5.41, 5.74) is -1.37. The van der Waals surface area contributed by atoms with Crippen LogP contribution < -0.4 is 16.0 Å². The first-order valence-electron chi connectivity index (χ1n) is 23.1. The molecule has 0 bridgehead atoms. The Morgan fingerprint density at radius 2 is 0.985 bits per heavy atom. The molecule has 3 unspecified atom stereocenters. The Bertz CT molecular complexity index is 1400. The van der Waals surface area contributed by atoms with Crippen LogP contribution in [0.15, 0.2) is 22.9 Å². The van der Waals surface area contributed by atoms with Gasteiger partial charge in [-0.2, -0.15) is 0 Å². The predicted molar refractivity (Wildman–Crippen MR) is 240 cm³/mol.